The van der Waals surface area contributed by atoms with Crippen molar-refractivity contribution in [2.45, 2.75) is 70.2 Å². The van der Waals surface area contributed by atoms with Gasteiger partial charge < -0.3 is 10.2 Å². The number of piperazine rings is 1. The van der Waals surface area contributed by atoms with E-state index in [1.807, 2.05) is 23.9 Å². The van der Waals surface area contributed by atoms with Crippen molar-refractivity contribution >= 4 is 40.9 Å². The molecule has 1 atom stereocenters. The number of anilines is 1. The molecule has 1 saturated heterocycles. The highest BCUT2D eigenvalue weighted by Crippen LogP contribution is 2.37. The lowest BCUT2D eigenvalue weighted by atomic mass is 9.84. The normalized spacial score (nSPS) is 26.8. The average molecular weight is 478 g/mol. The Morgan fingerprint density at radius 3 is 2.53 bits per heavy atom. The van der Waals surface area contributed by atoms with Crippen molar-refractivity contribution in [3.05, 3.63) is 28.3 Å². The smallest absolute Gasteiger partial charge is 0.227 e. The van der Waals surface area contributed by atoms with Crippen LogP contribution in [0.4, 0.5) is 5.69 Å². The first-order valence-corrected chi connectivity index (χ1v) is 13.7. The Bertz CT molecular complexity index is 852. The molecule has 3 fully saturated rings. The number of hydrogen-bond donors (Lipinski definition) is 1. The van der Waals surface area contributed by atoms with Crippen LogP contribution in [0, 0.1) is 18.8 Å². The van der Waals surface area contributed by atoms with Gasteiger partial charge in [-0.3, -0.25) is 14.5 Å². The molecule has 0 radical (unpaired) electrons. The molecule has 1 unspecified atom stereocenters. The molecule has 1 aliphatic heterocycles. The van der Waals surface area contributed by atoms with Gasteiger partial charge in [0.2, 0.25) is 11.8 Å². The van der Waals surface area contributed by atoms with Gasteiger partial charge in [0.1, 0.15) is 0 Å². The van der Waals surface area contributed by atoms with Crippen molar-refractivity contribution < 1.29 is 9.59 Å². The van der Waals surface area contributed by atoms with Crippen molar-refractivity contribution in [3.8, 4) is 0 Å². The number of hydrogen-bond acceptors (Lipinski definition) is 4. The van der Waals surface area contributed by atoms with Crippen molar-refractivity contribution in [1.82, 2.24) is 9.80 Å². The lowest BCUT2D eigenvalue weighted by Crippen LogP contribution is -2.54. The first-order chi connectivity index (χ1) is 15.4. The van der Waals surface area contributed by atoms with Crippen LogP contribution < -0.4 is 5.32 Å². The van der Waals surface area contributed by atoms with Crippen LogP contribution in [0.5, 0.6) is 0 Å². The van der Waals surface area contributed by atoms with Gasteiger partial charge in [-0.1, -0.05) is 24.4 Å². The van der Waals surface area contributed by atoms with E-state index >= 15 is 0 Å². The van der Waals surface area contributed by atoms with Gasteiger partial charge in [-0.15, -0.1) is 0 Å². The molecule has 5 nitrogen and oxygen atoms in total. The number of nitrogens with one attached hydrogen (secondary N) is 1. The van der Waals surface area contributed by atoms with Crippen molar-refractivity contribution in [2.75, 3.05) is 31.2 Å². The maximum Gasteiger partial charge on any atom is 0.227 e. The van der Waals surface area contributed by atoms with Crippen molar-refractivity contribution in [1.29, 1.82) is 0 Å². The van der Waals surface area contributed by atoms with Crippen LogP contribution in [0.1, 0.15) is 56.6 Å². The lowest BCUT2D eigenvalue weighted by Gasteiger charge is -2.41. The van der Waals surface area contributed by atoms with E-state index in [1.54, 1.807) is 0 Å². The SMILES string of the molecule is CSC1CC(C(=O)Nc2cc(Cl)cc(CN3CCN(C(=O)C4CCCC4)C(C)C3)c2C)C1. The molecule has 2 amide bonds. The summed E-state index contributed by atoms with van der Waals surface area (Å²) in [6.07, 6.45) is 8.52. The molecule has 176 valence electrons. The molecule has 2 saturated carbocycles. The summed E-state index contributed by atoms with van der Waals surface area (Å²) in [5.74, 6) is 0.824. The molecule has 3 aliphatic rings. The second kappa shape index (κ2) is 10.4. The predicted octanol–water partition coefficient (Wildman–Crippen LogP) is 4.95. The number of thioether (sulfide) groups is 1. The Hall–Kier alpha value is -1.24. The predicted molar refractivity (Wildman–Crippen MR) is 133 cm³/mol. The zero-order chi connectivity index (χ0) is 22.8. The standard InChI is InChI=1S/C25H36ClN3O2S/c1-16-14-28(8-9-29(16)25(31)18-6-4-5-7-18)15-20-10-21(26)13-23(17(20)2)27-24(30)19-11-22(12-19)32-3/h10,13,16,18-19,22H,4-9,11-12,14-15H2,1-3H3,(H,27,30). The minimum Gasteiger partial charge on any atom is -0.337 e. The van der Waals surface area contributed by atoms with Crippen LogP contribution in [0.2, 0.25) is 5.02 Å². The minimum absolute atomic E-state index is 0.110. The second-order valence-corrected chi connectivity index (χ2v) is 11.4. The summed E-state index contributed by atoms with van der Waals surface area (Å²) in [5.41, 5.74) is 3.06. The van der Waals surface area contributed by atoms with Crippen LogP contribution in [0.25, 0.3) is 0 Å². The van der Waals surface area contributed by atoms with Crippen molar-refractivity contribution in [3.63, 3.8) is 0 Å². The Kier molecular flexibility index (Phi) is 7.73. The molecule has 7 heteroatoms. The number of benzene rings is 1. The number of carbonyl (C=O) groups excluding carboxylic acids is 2. The van der Waals surface area contributed by atoms with E-state index in [-0.39, 0.29) is 23.8 Å². The molecular formula is C25H36ClN3O2S. The van der Waals surface area contributed by atoms with Crippen LogP contribution >= 0.6 is 23.4 Å². The van der Waals surface area contributed by atoms with E-state index in [0.717, 1.165) is 68.7 Å². The van der Waals surface area contributed by atoms with Gasteiger partial charge in [0.25, 0.3) is 0 Å². The average Bonchev–Trinajstić information content (AvgIpc) is 3.25. The molecule has 32 heavy (non-hydrogen) atoms. The summed E-state index contributed by atoms with van der Waals surface area (Å²) < 4.78 is 0. The van der Waals surface area contributed by atoms with Crippen molar-refractivity contribution in [2.24, 2.45) is 11.8 Å². The van der Waals surface area contributed by atoms with E-state index < -0.39 is 0 Å². The third-order valence-corrected chi connectivity index (χ3v) is 8.90. The highest BCUT2D eigenvalue weighted by Gasteiger charge is 2.35. The zero-order valence-electron chi connectivity index (χ0n) is 19.5. The quantitative estimate of drug-likeness (QED) is 0.629. The fourth-order valence-corrected chi connectivity index (χ4v) is 6.48. The summed E-state index contributed by atoms with van der Waals surface area (Å²) in [6, 6.07) is 4.10. The summed E-state index contributed by atoms with van der Waals surface area (Å²) in [5, 5.41) is 4.40. The molecule has 0 spiro atoms. The summed E-state index contributed by atoms with van der Waals surface area (Å²) in [7, 11) is 0. The number of carbonyl (C=O) groups is 2. The van der Waals surface area contributed by atoms with Gasteiger partial charge in [0.05, 0.1) is 0 Å². The Morgan fingerprint density at radius 1 is 1.16 bits per heavy atom. The Morgan fingerprint density at radius 2 is 1.88 bits per heavy atom. The number of nitrogens with zero attached hydrogens (tertiary/aromatic N) is 2. The van der Waals surface area contributed by atoms with Gasteiger partial charge in [0, 0.05) is 60.0 Å². The van der Waals surface area contributed by atoms with Crippen LogP contribution in [-0.4, -0.2) is 58.8 Å². The highest BCUT2D eigenvalue weighted by atomic mass is 35.5. The largest absolute Gasteiger partial charge is 0.337 e. The summed E-state index contributed by atoms with van der Waals surface area (Å²) in [6.45, 7) is 7.53. The third-order valence-electron chi connectivity index (χ3n) is 7.63. The van der Waals surface area contributed by atoms with E-state index in [1.165, 1.54) is 12.8 Å². The number of amides is 2. The lowest BCUT2D eigenvalue weighted by molar-refractivity contribution is -0.140. The monoisotopic (exact) mass is 477 g/mol. The molecule has 1 heterocycles. The molecule has 0 bridgehead atoms. The second-order valence-electron chi connectivity index (χ2n) is 9.85. The van der Waals surface area contributed by atoms with E-state index in [4.69, 9.17) is 11.6 Å². The Labute approximate surface area is 201 Å². The maximum absolute atomic E-state index is 12.9. The number of rotatable bonds is 6. The summed E-state index contributed by atoms with van der Waals surface area (Å²) >= 11 is 8.28. The topological polar surface area (TPSA) is 52.7 Å². The molecular weight excluding hydrogens is 442 g/mol. The molecule has 1 N–H and O–H groups in total. The zero-order valence-corrected chi connectivity index (χ0v) is 21.1. The third kappa shape index (κ3) is 5.28. The first kappa shape index (κ1) is 23.9. The highest BCUT2D eigenvalue weighted by molar-refractivity contribution is 7.99. The maximum atomic E-state index is 12.9. The fourth-order valence-electron chi connectivity index (χ4n) is 5.39. The van der Waals surface area contributed by atoms with Crippen LogP contribution in [0.3, 0.4) is 0 Å². The molecule has 1 aromatic rings. The van der Waals surface area contributed by atoms with Gasteiger partial charge in [0.15, 0.2) is 0 Å². The Balaban J connectivity index is 1.37. The van der Waals surface area contributed by atoms with E-state index in [0.29, 0.717) is 16.2 Å². The van der Waals surface area contributed by atoms with Gasteiger partial charge >= 0.3 is 0 Å². The van der Waals surface area contributed by atoms with Gasteiger partial charge in [-0.25, -0.2) is 0 Å². The minimum atomic E-state index is 0.110. The molecule has 4 rings (SSSR count). The molecule has 0 aromatic heterocycles. The number of halogens is 1. The van der Waals surface area contributed by atoms with E-state index in [9.17, 15) is 9.59 Å². The first-order valence-electron chi connectivity index (χ1n) is 12.0. The summed E-state index contributed by atoms with van der Waals surface area (Å²) in [4.78, 5) is 30.1. The fraction of sp³-hybridized carbons (Fsp3) is 0.680. The van der Waals surface area contributed by atoms with Gasteiger partial charge in [-0.2, -0.15) is 11.8 Å². The van der Waals surface area contributed by atoms with E-state index in [2.05, 4.69) is 35.2 Å². The van der Waals surface area contributed by atoms with Crippen LogP contribution in [-0.2, 0) is 16.1 Å². The molecule has 1 aromatic carbocycles. The van der Waals surface area contributed by atoms with Gasteiger partial charge in [-0.05, 0) is 69.0 Å². The molecule has 2 aliphatic carbocycles. The van der Waals surface area contributed by atoms with Crippen LogP contribution in [0.15, 0.2) is 12.1 Å².